The topological polar surface area (TPSA) is 64.0 Å². The molecule has 1 saturated heterocycles. The van der Waals surface area contributed by atoms with E-state index >= 15 is 0 Å². The van der Waals surface area contributed by atoms with Crippen molar-refractivity contribution in [2.75, 3.05) is 39.4 Å². The highest BCUT2D eigenvalue weighted by Crippen LogP contribution is 2.30. The minimum Gasteiger partial charge on any atom is -0.489 e. The quantitative estimate of drug-likeness (QED) is 0.652. The zero-order valence-corrected chi connectivity index (χ0v) is 17.7. The first-order valence-corrected chi connectivity index (χ1v) is 10.3. The maximum Gasteiger partial charge on any atom is 0.409 e. The SMILES string of the molecule is C=CCOc1cccc2c1cc(C(=O)N1CCN(C(=O)OCC)CC1)n2C/C=C\C. The van der Waals surface area contributed by atoms with Crippen LogP contribution < -0.4 is 4.74 Å². The minimum atomic E-state index is -0.323. The van der Waals surface area contributed by atoms with Crippen molar-refractivity contribution in [1.29, 1.82) is 0 Å². The summed E-state index contributed by atoms with van der Waals surface area (Å²) in [5, 5.41) is 0.900. The van der Waals surface area contributed by atoms with Crippen LogP contribution in [0.3, 0.4) is 0 Å². The lowest BCUT2D eigenvalue weighted by Gasteiger charge is -2.34. The van der Waals surface area contributed by atoms with Crippen LogP contribution in [0.4, 0.5) is 4.79 Å². The molecule has 0 spiro atoms. The molecule has 0 radical (unpaired) electrons. The van der Waals surface area contributed by atoms with E-state index in [2.05, 4.69) is 6.58 Å². The van der Waals surface area contributed by atoms with Crippen molar-refractivity contribution in [3.05, 3.63) is 54.8 Å². The fraction of sp³-hybridized carbons (Fsp3) is 0.391. The monoisotopic (exact) mass is 411 g/mol. The lowest BCUT2D eigenvalue weighted by molar-refractivity contribution is 0.0563. The Kier molecular flexibility index (Phi) is 7.17. The summed E-state index contributed by atoms with van der Waals surface area (Å²) < 4.78 is 12.9. The van der Waals surface area contributed by atoms with Crippen LogP contribution in [0, 0.1) is 0 Å². The molecule has 1 aromatic heterocycles. The van der Waals surface area contributed by atoms with Crippen LogP contribution in [0.1, 0.15) is 24.3 Å². The number of carbonyl (C=O) groups is 2. The molecule has 0 bridgehead atoms. The number of rotatable bonds is 7. The zero-order valence-electron chi connectivity index (χ0n) is 17.7. The molecule has 0 saturated carbocycles. The Morgan fingerprint density at radius 3 is 2.57 bits per heavy atom. The van der Waals surface area contributed by atoms with Crippen LogP contribution >= 0.6 is 0 Å². The van der Waals surface area contributed by atoms with Gasteiger partial charge in [-0.1, -0.05) is 30.9 Å². The van der Waals surface area contributed by atoms with Gasteiger partial charge in [0.1, 0.15) is 18.1 Å². The highest BCUT2D eigenvalue weighted by atomic mass is 16.6. The van der Waals surface area contributed by atoms with Crippen LogP contribution in [0.2, 0.25) is 0 Å². The number of benzene rings is 1. The Bertz CT molecular complexity index is 939. The fourth-order valence-corrected chi connectivity index (χ4v) is 3.59. The second-order valence-electron chi connectivity index (χ2n) is 6.98. The zero-order chi connectivity index (χ0) is 21.5. The number of aromatic nitrogens is 1. The minimum absolute atomic E-state index is 0.0473. The number of allylic oxidation sites excluding steroid dienone is 2. The molecule has 1 fully saturated rings. The lowest BCUT2D eigenvalue weighted by Crippen LogP contribution is -2.51. The molecule has 0 unspecified atom stereocenters. The van der Waals surface area contributed by atoms with Crippen molar-refractivity contribution in [2.24, 2.45) is 0 Å². The van der Waals surface area contributed by atoms with Gasteiger partial charge in [0.05, 0.1) is 12.1 Å². The molecule has 7 nitrogen and oxygen atoms in total. The predicted molar refractivity (Wildman–Crippen MR) is 117 cm³/mol. The largest absolute Gasteiger partial charge is 0.489 e. The Morgan fingerprint density at radius 2 is 1.90 bits per heavy atom. The van der Waals surface area contributed by atoms with Gasteiger partial charge >= 0.3 is 6.09 Å². The predicted octanol–water partition coefficient (Wildman–Crippen LogP) is 3.70. The number of fused-ring (bicyclic) bond motifs is 1. The van der Waals surface area contributed by atoms with Gasteiger partial charge in [0, 0.05) is 38.1 Å². The first kappa shape index (κ1) is 21.5. The van der Waals surface area contributed by atoms with Gasteiger partial charge in [0.2, 0.25) is 0 Å². The normalized spacial score (nSPS) is 14.3. The molecule has 1 aliphatic rings. The van der Waals surface area contributed by atoms with E-state index in [1.54, 1.807) is 22.8 Å². The van der Waals surface area contributed by atoms with E-state index in [0.29, 0.717) is 51.6 Å². The van der Waals surface area contributed by atoms with Gasteiger partial charge in [-0.2, -0.15) is 0 Å². The smallest absolute Gasteiger partial charge is 0.409 e. The average molecular weight is 412 g/mol. The van der Waals surface area contributed by atoms with Gasteiger partial charge in [0.15, 0.2) is 0 Å². The third-order valence-corrected chi connectivity index (χ3v) is 5.10. The average Bonchev–Trinajstić information content (AvgIpc) is 3.15. The van der Waals surface area contributed by atoms with Gasteiger partial charge in [-0.15, -0.1) is 0 Å². The number of hydrogen-bond acceptors (Lipinski definition) is 4. The van der Waals surface area contributed by atoms with E-state index in [-0.39, 0.29) is 12.0 Å². The molecule has 2 amide bonds. The van der Waals surface area contributed by atoms with E-state index in [4.69, 9.17) is 9.47 Å². The number of nitrogens with zero attached hydrogens (tertiary/aromatic N) is 3. The van der Waals surface area contributed by atoms with Crippen LogP contribution in [-0.2, 0) is 11.3 Å². The van der Waals surface area contributed by atoms with Crippen molar-refractivity contribution in [2.45, 2.75) is 20.4 Å². The van der Waals surface area contributed by atoms with Gasteiger partial charge < -0.3 is 23.8 Å². The summed E-state index contributed by atoms with van der Waals surface area (Å²) in [6.07, 6.45) is 5.36. The summed E-state index contributed by atoms with van der Waals surface area (Å²) in [6, 6.07) is 7.73. The standard InChI is InChI=1S/C23H29N3O4/c1-4-7-11-26-19-9-8-10-21(30-16-5-2)18(19)17-20(26)22(27)24-12-14-25(15-13-24)23(28)29-6-3/h4-5,7-10,17H,2,6,11-16H2,1,3H3/b7-4-. The van der Waals surface area contributed by atoms with Gasteiger partial charge in [-0.25, -0.2) is 4.79 Å². The summed E-state index contributed by atoms with van der Waals surface area (Å²) in [4.78, 5) is 28.7. The Morgan fingerprint density at radius 1 is 1.17 bits per heavy atom. The summed E-state index contributed by atoms with van der Waals surface area (Å²) in [5.74, 6) is 0.682. The van der Waals surface area contributed by atoms with Crippen LogP contribution in [0.25, 0.3) is 10.9 Å². The van der Waals surface area contributed by atoms with Crippen LogP contribution in [-0.4, -0.2) is 65.8 Å². The Labute approximate surface area is 177 Å². The molecule has 0 atom stereocenters. The fourth-order valence-electron chi connectivity index (χ4n) is 3.59. The van der Waals surface area contributed by atoms with E-state index in [1.165, 1.54) is 0 Å². The lowest BCUT2D eigenvalue weighted by atomic mass is 10.2. The molecule has 0 N–H and O–H groups in total. The third-order valence-electron chi connectivity index (χ3n) is 5.10. The highest BCUT2D eigenvalue weighted by molar-refractivity contribution is 6.00. The van der Waals surface area contributed by atoms with Crippen LogP contribution in [0.15, 0.2) is 49.1 Å². The molecule has 7 heteroatoms. The summed E-state index contributed by atoms with van der Waals surface area (Å²) >= 11 is 0. The molecular formula is C23H29N3O4. The molecule has 160 valence electrons. The van der Waals surface area contributed by atoms with E-state index in [1.807, 2.05) is 47.9 Å². The Balaban J connectivity index is 1.87. The highest BCUT2D eigenvalue weighted by Gasteiger charge is 2.28. The third kappa shape index (κ3) is 4.50. The molecule has 2 aromatic rings. The first-order chi connectivity index (χ1) is 14.6. The van der Waals surface area contributed by atoms with Gasteiger partial charge in [0.25, 0.3) is 5.91 Å². The van der Waals surface area contributed by atoms with Gasteiger partial charge in [-0.05, 0) is 32.0 Å². The molecule has 0 aliphatic carbocycles. The molecule has 1 aliphatic heterocycles. The molecule has 2 heterocycles. The maximum atomic E-state index is 13.4. The molecular weight excluding hydrogens is 382 g/mol. The van der Waals surface area contributed by atoms with E-state index in [9.17, 15) is 9.59 Å². The number of piperazine rings is 1. The Hall–Kier alpha value is -3.22. The van der Waals surface area contributed by atoms with E-state index < -0.39 is 0 Å². The summed E-state index contributed by atoms with van der Waals surface area (Å²) in [6.45, 7) is 10.7. The molecule has 30 heavy (non-hydrogen) atoms. The number of ether oxygens (including phenoxy) is 2. The number of hydrogen-bond donors (Lipinski definition) is 0. The number of amides is 2. The second kappa shape index (κ2) is 10.0. The second-order valence-corrected chi connectivity index (χ2v) is 6.98. The van der Waals surface area contributed by atoms with Crippen molar-refractivity contribution in [1.82, 2.24) is 14.4 Å². The van der Waals surface area contributed by atoms with Crippen LogP contribution in [0.5, 0.6) is 5.75 Å². The van der Waals surface area contributed by atoms with Crippen molar-refractivity contribution >= 4 is 22.9 Å². The molecule has 3 rings (SSSR count). The maximum absolute atomic E-state index is 13.4. The van der Waals surface area contributed by atoms with Gasteiger partial charge in [-0.3, -0.25) is 4.79 Å². The summed E-state index contributed by atoms with van der Waals surface area (Å²) in [7, 11) is 0. The van der Waals surface area contributed by atoms with Crippen molar-refractivity contribution in [3.63, 3.8) is 0 Å². The van der Waals surface area contributed by atoms with Crippen molar-refractivity contribution < 1.29 is 19.1 Å². The first-order valence-electron chi connectivity index (χ1n) is 10.3. The summed E-state index contributed by atoms with van der Waals surface area (Å²) in [5.41, 5.74) is 1.56. The molecule has 1 aromatic carbocycles. The number of carbonyl (C=O) groups excluding carboxylic acids is 2. The van der Waals surface area contributed by atoms with Crippen molar-refractivity contribution in [3.8, 4) is 5.75 Å². The van der Waals surface area contributed by atoms with E-state index in [0.717, 1.165) is 16.7 Å².